The zero-order valence-corrected chi connectivity index (χ0v) is 15.3. The van der Waals surface area contributed by atoms with Gasteiger partial charge >= 0.3 is 5.97 Å². The van der Waals surface area contributed by atoms with Gasteiger partial charge in [0.05, 0.1) is 13.0 Å². The molecule has 1 atom stereocenters. The Balaban J connectivity index is 1.31. The number of aliphatic imine (C=N–C) groups is 1. The van der Waals surface area contributed by atoms with E-state index in [0.29, 0.717) is 5.41 Å². The summed E-state index contributed by atoms with van der Waals surface area (Å²) in [6.45, 7) is 3.00. The Morgan fingerprint density at radius 3 is 2.68 bits per heavy atom. The lowest BCUT2D eigenvalue weighted by molar-refractivity contribution is -0.164. The first-order chi connectivity index (χ1) is 12.0. The monoisotopic (exact) mass is 362 g/mol. The summed E-state index contributed by atoms with van der Waals surface area (Å²) in [4.78, 5) is 18.8. The van der Waals surface area contributed by atoms with Crippen molar-refractivity contribution in [2.45, 2.75) is 19.0 Å². The molecular formula is C18H23ClN4O2. The Bertz CT molecular complexity index is 692. The number of esters is 1. The Kier molecular flexibility index (Phi) is 4.22. The summed E-state index contributed by atoms with van der Waals surface area (Å²) in [5.74, 6) is 0.937. The summed E-state index contributed by atoms with van der Waals surface area (Å²) < 4.78 is 4.83. The van der Waals surface area contributed by atoms with Crippen molar-refractivity contribution in [3.8, 4) is 0 Å². The Hall–Kier alpha value is -1.63. The van der Waals surface area contributed by atoms with Crippen molar-refractivity contribution in [2.75, 3.05) is 33.8 Å². The van der Waals surface area contributed by atoms with Gasteiger partial charge < -0.3 is 10.2 Å². The summed E-state index contributed by atoms with van der Waals surface area (Å²) in [7, 11) is 3.49. The highest BCUT2D eigenvalue weighted by Gasteiger charge is 2.55. The number of amidine groups is 1. The highest BCUT2D eigenvalue weighted by molar-refractivity contribution is 6.30. The van der Waals surface area contributed by atoms with Gasteiger partial charge in [0, 0.05) is 37.3 Å². The second-order valence-corrected chi connectivity index (χ2v) is 7.92. The minimum Gasteiger partial charge on any atom is -0.469 e. The molecule has 1 aliphatic carbocycles. The normalized spacial score (nSPS) is 25.9. The van der Waals surface area contributed by atoms with Gasteiger partial charge in [-0.05, 0) is 42.5 Å². The molecule has 25 heavy (non-hydrogen) atoms. The van der Waals surface area contributed by atoms with Crippen LogP contribution in [0.1, 0.15) is 18.4 Å². The number of hydrazine groups is 1. The van der Waals surface area contributed by atoms with Crippen LogP contribution in [0.4, 0.5) is 0 Å². The number of likely N-dealkylation sites (N-methyl/N-ethyl adjacent to an activating group) is 1. The van der Waals surface area contributed by atoms with E-state index in [9.17, 15) is 4.79 Å². The van der Waals surface area contributed by atoms with Crippen molar-refractivity contribution in [2.24, 2.45) is 16.3 Å². The Morgan fingerprint density at radius 1 is 1.36 bits per heavy atom. The van der Waals surface area contributed by atoms with Crippen molar-refractivity contribution in [1.82, 2.24) is 15.3 Å². The van der Waals surface area contributed by atoms with Gasteiger partial charge in [-0.2, -0.15) is 5.01 Å². The number of halogens is 1. The fraction of sp³-hybridized carbons (Fsp3) is 0.556. The summed E-state index contributed by atoms with van der Waals surface area (Å²) in [6, 6.07) is 7.71. The van der Waals surface area contributed by atoms with Gasteiger partial charge in [0.15, 0.2) is 0 Å². The number of carbonyl (C=O) groups is 1. The molecular weight excluding hydrogens is 340 g/mol. The van der Waals surface area contributed by atoms with Gasteiger partial charge in [0.1, 0.15) is 12.0 Å². The van der Waals surface area contributed by atoms with E-state index >= 15 is 0 Å². The van der Waals surface area contributed by atoms with Crippen molar-refractivity contribution < 1.29 is 9.53 Å². The molecule has 4 rings (SSSR count). The summed E-state index contributed by atoms with van der Waals surface area (Å²) in [5, 5.41) is 2.77. The third kappa shape index (κ3) is 3.14. The predicted molar refractivity (Wildman–Crippen MR) is 96.3 cm³/mol. The fourth-order valence-corrected chi connectivity index (χ4v) is 4.38. The maximum Gasteiger partial charge on any atom is 0.308 e. The largest absolute Gasteiger partial charge is 0.469 e. The average molecular weight is 363 g/mol. The number of ether oxygens (including phenoxy) is 1. The maximum atomic E-state index is 11.5. The second kappa shape index (κ2) is 6.27. The van der Waals surface area contributed by atoms with E-state index in [1.165, 1.54) is 7.11 Å². The first kappa shape index (κ1) is 16.8. The van der Waals surface area contributed by atoms with Crippen molar-refractivity contribution in [1.29, 1.82) is 0 Å². The molecule has 0 amide bonds. The van der Waals surface area contributed by atoms with E-state index in [4.69, 9.17) is 21.3 Å². The van der Waals surface area contributed by atoms with E-state index in [1.54, 1.807) is 0 Å². The van der Waals surface area contributed by atoms with Crippen LogP contribution in [0.25, 0.3) is 0 Å². The predicted octanol–water partition coefficient (Wildman–Crippen LogP) is 1.75. The molecule has 1 saturated carbocycles. The van der Waals surface area contributed by atoms with Crippen LogP contribution in [-0.2, 0) is 9.53 Å². The van der Waals surface area contributed by atoms with Crippen LogP contribution in [0.3, 0.4) is 0 Å². The molecule has 0 bridgehead atoms. The molecule has 0 aromatic heterocycles. The molecule has 1 N–H and O–H groups in total. The summed E-state index contributed by atoms with van der Waals surface area (Å²) in [6.07, 6.45) is 2.03. The molecule has 1 unspecified atom stereocenters. The van der Waals surface area contributed by atoms with Crippen LogP contribution < -0.4 is 5.43 Å². The molecule has 2 aliphatic heterocycles. The van der Waals surface area contributed by atoms with E-state index in [-0.39, 0.29) is 18.1 Å². The number of benzene rings is 1. The van der Waals surface area contributed by atoms with Crippen LogP contribution in [0.15, 0.2) is 29.3 Å². The van der Waals surface area contributed by atoms with Crippen molar-refractivity contribution in [3.05, 3.63) is 34.9 Å². The lowest BCUT2D eigenvalue weighted by Gasteiger charge is -2.58. The lowest BCUT2D eigenvalue weighted by atomic mass is 9.57. The van der Waals surface area contributed by atoms with Crippen molar-refractivity contribution in [3.63, 3.8) is 0 Å². The first-order valence-electron chi connectivity index (χ1n) is 8.61. The van der Waals surface area contributed by atoms with Crippen LogP contribution in [0, 0.1) is 11.3 Å². The van der Waals surface area contributed by atoms with Crippen LogP contribution in [-0.4, -0.2) is 61.7 Å². The molecule has 134 valence electrons. The standard InChI is InChI=1S/C18H23ClN4O2/c1-22-15(20-16(21-22)12-3-5-14(19)6-4-12)9-23-10-18(11-23)7-13(8-18)17(24)25-2/h3-6,13,15H,7-11H2,1-2H3,(H,20,21). The molecule has 7 heteroatoms. The number of hydrogen-bond acceptors (Lipinski definition) is 6. The maximum absolute atomic E-state index is 11.5. The van der Waals surface area contributed by atoms with Gasteiger partial charge in [0.25, 0.3) is 0 Å². The number of hydrogen-bond donors (Lipinski definition) is 1. The smallest absolute Gasteiger partial charge is 0.308 e. The highest BCUT2D eigenvalue weighted by atomic mass is 35.5. The molecule has 6 nitrogen and oxygen atoms in total. The van der Waals surface area contributed by atoms with Gasteiger partial charge in [-0.25, -0.2) is 4.99 Å². The van der Waals surface area contributed by atoms with Gasteiger partial charge in [-0.15, -0.1) is 0 Å². The zero-order valence-electron chi connectivity index (χ0n) is 14.5. The average Bonchev–Trinajstić information content (AvgIpc) is 2.89. The molecule has 1 spiro atoms. The Labute approximate surface area is 152 Å². The van der Waals surface area contributed by atoms with Gasteiger partial charge in [-0.1, -0.05) is 11.6 Å². The molecule has 2 fully saturated rings. The van der Waals surface area contributed by atoms with E-state index in [0.717, 1.165) is 48.9 Å². The van der Waals surface area contributed by atoms with E-state index < -0.39 is 0 Å². The second-order valence-electron chi connectivity index (χ2n) is 7.49. The number of nitrogens with one attached hydrogen (secondary N) is 1. The van der Waals surface area contributed by atoms with Crippen LogP contribution in [0.5, 0.6) is 0 Å². The number of methoxy groups -OCH3 is 1. The number of carbonyl (C=O) groups excluding carboxylic acids is 1. The van der Waals surface area contributed by atoms with Crippen LogP contribution >= 0.6 is 11.6 Å². The minimum atomic E-state index is -0.0546. The summed E-state index contributed by atoms with van der Waals surface area (Å²) in [5.41, 5.74) is 4.70. The number of rotatable bonds is 4. The molecule has 2 heterocycles. The Morgan fingerprint density at radius 2 is 2.04 bits per heavy atom. The molecule has 0 radical (unpaired) electrons. The number of nitrogens with zero attached hydrogens (tertiary/aromatic N) is 3. The molecule has 1 aromatic carbocycles. The van der Waals surface area contributed by atoms with Gasteiger partial charge in [0.2, 0.25) is 0 Å². The van der Waals surface area contributed by atoms with Gasteiger partial charge in [-0.3, -0.25) is 9.69 Å². The highest BCUT2D eigenvalue weighted by Crippen LogP contribution is 2.52. The fourth-order valence-electron chi connectivity index (χ4n) is 4.26. The summed E-state index contributed by atoms with van der Waals surface area (Å²) >= 11 is 5.95. The molecule has 3 aliphatic rings. The topological polar surface area (TPSA) is 57.2 Å². The van der Waals surface area contributed by atoms with Crippen LogP contribution in [0.2, 0.25) is 5.02 Å². The third-order valence-corrected chi connectivity index (χ3v) is 5.81. The SMILES string of the molecule is COC(=O)C1CC2(C1)CN(CC1N=C(c3ccc(Cl)cc3)NN1C)C2. The lowest BCUT2D eigenvalue weighted by Crippen LogP contribution is -2.64. The molecule has 1 aromatic rings. The third-order valence-electron chi connectivity index (χ3n) is 5.56. The number of likely N-dealkylation sites (tertiary alicyclic amines) is 1. The minimum absolute atomic E-state index is 0.0546. The van der Waals surface area contributed by atoms with Crippen molar-refractivity contribution >= 4 is 23.4 Å². The zero-order chi connectivity index (χ0) is 17.6. The van der Waals surface area contributed by atoms with E-state index in [1.807, 2.05) is 36.3 Å². The van der Waals surface area contributed by atoms with E-state index in [2.05, 4.69) is 10.3 Å². The molecule has 1 saturated heterocycles. The quantitative estimate of drug-likeness (QED) is 0.827. The first-order valence-corrected chi connectivity index (χ1v) is 8.99.